The van der Waals surface area contributed by atoms with Crippen LogP contribution in [0.4, 0.5) is 0 Å². The average Bonchev–Trinajstić information content (AvgIpc) is 2.55. The van der Waals surface area contributed by atoms with Gasteiger partial charge in [-0.1, -0.05) is 0 Å². The molecule has 0 unspecified atom stereocenters. The van der Waals surface area contributed by atoms with E-state index in [1.54, 1.807) is 32.4 Å². The Bertz CT molecular complexity index is 478. The molecular weight excluding hydrogens is 294 g/mol. The Morgan fingerprint density at radius 2 is 1.81 bits per heavy atom. The summed E-state index contributed by atoms with van der Waals surface area (Å²) >= 11 is 6.07. The van der Waals surface area contributed by atoms with Gasteiger partial charge in [0, 0.05) is 30.7 Å². The van der Waals surface area contributed by atoms with Gasteiger partial charge in [0.15, 0.2) is 0 Å². The quantitative estimate of drug-likeness (QED) is 0.847. The van der Waals surface area contributed by atoms with Crippen LogP contribution in [0.25, 0.3) is 0 Å². The molecule has 1 heterocycles. The second kappa shape index (κ2) is 7.00. The first-order valence-electron chi connectivity index (χ1n) is 6.82. The Kier molecular flexibility index (Phi) is 5.31. The number of halogens is 1. The maximum atomic E-state index is 12.5. The van der Waals surface area contributed by atoms with E-state index in [1.165, 1.54) is 0 Å². The van der Waals surface area contributed by atoms with E-state index in [9.17, 15) is 4.79 Å². The molecule has 0 aliphatic carbocycles. The normalized spacial score (nSPS) is 17.1. The van der Waals surface area contributed by atoms with Crippen LogP contribution in [-0.4, -0.2) is 44.8 Å². The lowest BCUT2D eigenvalue weighted by Crippen LogP contribution is -2.53. The number of ether oxygens (including phenoxy) is 3. The molecule has 2 rings (SSSR count). The van der Waals surface area contributed by atoms with Crippen molar-refractivity contribution in [2.24, 2.45) is 0 Å². The highest BCUT2D eigenvalue weighted by molar-refractivity contribution is 6.19. The van der Waals surface area contributed by atoms with Crippen molar-refractivity contribution in [3.8, 4) is 11.5 Å². The van der Waals surface area contributed by atoms with Gasteiger partial charge in [-0.2, -0.15) is 0 Å². The maximum absolute atomic E-state index is 12.5. The fourth-order valence-electron chi connectivity index (χ4n) is 2.31. The zero-order valence-corrected chi connectivity index (χ0v) is 13.0. The van der Waals surface area contributed by atoms with Crippen LogP contribution in [0.15, 0.2) is 18.2 Å². The number of hydrogen-bond donors (Lipinski definition) is 1. The van der Waals surface area contributed by atoms with E-state index in [0.29, 0.717) is 49.0 Å². The third kappa shape index (κ3) is 3.80. The second-order valence-corrected chi connectivity index (χ2v) is 5.35. The fraction of sp³-hybridized carbons (Fsp3) is 0.533. The van der Waals surface area contributed by atoms with Gasteiger partial charge in [0.05, 0.1) is 19.8 Å². The second-order valence-electron chi connectivity index (χ2n) is 5.08. The fourth-order valence-corrected chi connectivity index (χ4v) is 2.64. The van der Waals surface area contributed by atoms with E-state index in [1.807, 2.05) is 0 Å². The third-order valence-electron chi connectivity index (χ3n) is 3.70. The Balaban J connectivity index is 2.19. The Hall–Kier alpha value is -1.46. The summed E-state index contributed by atoms with van der Waals surface area (Å²) in [5.41, 5.74) is 0.0786. The molecule has 5 nitrogen and oxygen atoms in total. The molecule has 0 saturated carbocycles. The number of carbonyl (C=O) groups excluding carboxylic acids is 1. The Labute approximate surface area is 129 Å². The molecule has 1 aliphatic rings. The average molecular weight is 314 g/mol. The van der Waals surface area contributed by atoms with Crippen LogP contribution in [0.3, 0.4) is 0 Å². The Morgan fingerprint density at radius 3 is 2.29 bits per heavy atom. The minimum absolute atomic E-state index is 0.185. The maximum Gasteiger partial charge on any atom is 0.252 e. The van der Waals surface area contributed by atoms with E-state index in [2.05, 4.69) is 5.32 Å². The van der Waals surface area contributed by atoms with Gasteiger partial charge in [0.1, 0.15) is 11.5 Å². The highest BCUT2D eigenvalue weighted by Gasteiger charge is 2.33. The topological polar surface area (TPSA) is 56.8 Å². The van der Waals surface area contributed by atoms with E-state index < -0.39 is 5.54 Å². The SMILES string of the molecule is COc1cc(OC)cc(C(=O)NC2(CCl)CCOCC2)c1. The first-order chi connectivity index (χ1) is 10.1. The van der Waals surface area contributed by atoms with Crippen molar-refractivity contribution >= 4 is 17.5 Å². The van der Waals surface area contributed by atoms with Gasteiger partial charge in [0.25, 0.3) is 5.91 Å². The molecule has 0 aromatic heterocycles. The number of rotatable bonds is 5. The van der Waals surface area contributed by atoms with Crippen molar-refractivity contribution in [1.82, 2.24) is 5.32 Å². The van der Waals surface area contributed by atoms with Gasteiger partial charge in [0.2, 0.25) is 0 Å². The van der Waals surface area contributed by atoms with Gasteiger partial charge in [-0.05, 0) is 25.0 Å². The van der Waals surface area contributed by atoms with Gasteiger partial charge < -0.3 is 19.5 Å². The standard InChI is InChI=1S/C15H20ClNO4/c1-19-12-7-11(8-13(9-12)20-2)14(18)17-15(10-16)3-5-21-6-4-15/h7-9H,3-6,10H2,1-2H3,(H,17,18). The van der Waals surface area contributed by atoms with Crippen molar-refractivity contribution in [2.45, 2.75) is 18.4 Å². The highest BCUT2D eigenvalue weighted by Crippen LogP contribution is 2.25. The molecule has 116 valence electrons. The number of amides is 1. The monoisotopic (exact) mass is 313 g/mol. The lowest BCUT2D eigenvalue weighted by Gasteiger charge is -2.36. The van der Waals surface area contributed by atoms with Gasteiger partial charge in [-0.25, -0.2) is 0 Å². The predicted octanol–water partition coefficient (Wildman–Crippen LogP) is 2.22. The Morgan fingerprint density at radius 1 is 1.24 bits per heavy atom. The summed E-state index contributed by atoms with van der Waals surface area (Å²) in [7, 11) is 3.10. The summed E-state index contributed by atoms with van der Waals surface area (Å²) in [5.74, 6) is 1.33. The van der Waals surface area contributed by atoms with Crippen LogP contribution in [0.2, 0.25) is 0 Å². The van der Waals surface area contributed by atoms with E-state index in [4.69, 9.17) is 25.8 Å². The first kappa shape index (κ1) is 15.9. The number of methoxy groups -OCH3 is 2. The van der Waals surface area contributed by atoms with Crippen LogP contribution < -0.4 is 14.8 Å². The molecule has 1 aromatic rings. The molecule has 1 aromatic carbocycles. The van der Waals surface area contributed by atoms with E-state index in [-0.39, 0.29) is 5.91 Å². The van der Waals surface area contributed by atoms with E-state index in [0.717, 1.165) is 0 Å². The van der Waals surface area contributed by atoms with Crippen molar-refractivity contribution in [1.29, 1.82) is 0 Å². The molecule has 0 radical (unpaired) electrons. The molecule has 0 spiro atoms. The summed E-state index contributed by atoms with van der Waals surface area (Å²) in [4.78, 5) is 12.5. The third-order valence-corrected chi connectivity index (χ3v) is 4.21. The summed E-state index contributed by atoms with van der Waals surface area (Å²) < 4.78 is 15.7. The molecule has 1 aliphatic heterocycles. The van der Waals surface area contributed by atoms with Crippen molar-refractivity contribution in [2.75, 3.05) is 33.3 Å². The van der Waals surface area contributed by atoms with Crippen LogP contribution in [0.5, 0.6) is 11.5 Å². The molecular formula is C15H20ClNO4. The van der Waals surface area contributed by atoms with Crippen molar-refractivity contribution < 1.29 is 19.0 Å². The van der Waals surface area contributed by atoms with Crippen molar-refractivity contribution in [3.05, 3.63) is 23.8 Å². The minimum Gasteiger partial charge on any atom is -0.497 e. The lowest BCUT2D eigenvalue weighted by atomic mass is 9.92. The smallest absolute Gasteiger partial charge is 0.252 e. The van der Waals surface area contributed by atoms with Gasteiger partial charge >= 0.3 is 0 Å². The molecule has 0 bridgehead atoms. The van der Waals surface area contributed by atoms with E-state index >= 15 is 0 Å². The molecule has 1 amide bonds. The largest absolute Gasteiger partial charge is 0.497 e. The van der Waals surface area contributed by atoms with Gasteiger partial charge in [-0.3, -0.25) is 4.79 Å². The first-order valence-corrected chi connectivity index (χ1v) is 7.35. The zero-order chi connectivity index (χ0) is 15.3. The lowest BCUT2D eigenvalue weighted by molar-refractivity contribution is 0.0433. The molecule has 0 atom stereocenters. The molecule has 1 saturated heterocycles. The zero-order valence-electron chi connectivity index (χ0n) is 12.3. The van der Waals surface area contributed by atoms with Crippen molar-refractivity contribution in [3.63, 3.8) is 0 Å². The van der Waals surface area contributed by atoms with Crippen LogP contribution in [-0.2, 0) is 4.74 Å². The van der Waals surface area contributed by atoms with Crippen LogP contribution in [0, 0.1) is 0 Å². The number of hydrogen-bond acceptors (Lipinski definition) is 4. The summed E-state index contributed by atoms with van der Waals surface area (Å²) in [5, 5.41) is 3.04. The van der Waals surface area contributed by atoms with Gasteiger partial charge in [-0.15, -0.1) is 11.6 Å². The highest BCUT2D eigenvalue weighted by atomic mass is 35.5. The van der Waals surface area contributed by atoms with Crippen LogP contribution >= 0.6 is 11.6 Å². The summed E-state index contributed by atoms with van der Waals surface area (Å²) in [6, 6.07) is 5.08. The number of alkyl halides is 1. The molecule has 6 heteroatoms. The molecule has 1 N–H and O–H groups in total. The number of carbonyl (C=O) groups is 1. The number of benzene rings is 1. The summed E-state index contributed by atoms with van der Waals surface area (Å²) in [6.45, 7) is 1.21. The molecule has 1 fully saturated rings. The number of nitrogens with one attached hydrogen (secondary N) is 1. The van der Waals surface area contributed by atoms with Crippen LogP contribution in [0.1, 0.15) is 23.2 Å². The summed E-state index contributed by atoms with van der Waals surface area (Å²) in [6.07, 6.45) is 1.42. The molecule has 21 heavy (non-hydrogen) atoms. The predicted molar refractivity (Wildman–Crippen MR) is 80.5 cm³/mol. The minimum atomic E-state index is -0.410.